The Hall–Kier alpha value is -0.120. The second-order valence-corrected chi connectivity index (χ2v) is 7.70. The quantitative estimate of drug-likeness (QED) is 0.717. The van der Waals surface area contributed by atoms with E-state index in [0.717, 1.165) is 32.2 Å². The van der Waals surface area contributed by atoms with Gasteiger partial charge in [-0.1, -0.05) is 13.8 Å². The van der Waals surface area contributed by atoms with Crippen LogP contribution in [0.3, 0.4) is 0 Å². The highest BCUT2D eigenvalue weighted by molar-refractivity contribution is 4.91. The van der Waals surface area contributed by atoms with Gasteiger partial charge in [0.2, 0.25) is 0 Å². The summed E-state index contributed by atoms with van der Waals surface area (Å²) in [6, 6.07) is 1.18. The minimum atomic E-state index is -0.465. The lowest BCUT2D eigenvalue weighted by Gasteiger charge is -2.41. The Labute approximate surface area is 118 Å². The van der Waals surface area contributed by atoms with Gasteiger partial charge in [-0.25, -0.2) is 0 Å². The molecule has 1 aliphatic carbocycles. The van der Waals surface area contributed by atoms with E-state index in [9.17, 15) is 5.11 Å². The molecule has 0 amide bonds. The highest BCUT2D eigenvalue weighted by Gasteiger charge is 2.36. The van der Waals surface area contributed by atoms with Crippen LogP contribution in [0.1, 0.15) is 65.7 Å². The summed E-state index contributed by atoms with van der Waals surface area (Å²) in [6.45, 7) is 8.81. The zero-order valence-electron chi connectivity index (χ0n) is 13.0. The Balaban J connectivity index is 1.69. The molecule has 1 saturated heterocycles. The minimum Gasteiger partial charge on any atom is -0.389 e. The van der Waals surface area contributed by atoms with Crippen LogP contribution in [0, 0.1) is 5.41 Å². The Morgan fingerprint density at radius 3 is 2.53 bits per heavy atom. The van der Waals surface area contributed by atoms with Gasteiger partial charge in [-0.3, -0.25) is 0 Å². The Kier molecular flexibility index (Phi) is 4.91. The van der Waals surface area contributed by atoms with E-state index in [0.29, 0.717) is 17.5 Å². The van der Waals surface area contributed by atoms with Gasteiger partial charge in [-0.15, -0.1) is 0 Å². The molecule has 2 atom stereocenters. The van der Waals surface area contributed by atoms with Crippen LogP contribution in [-0.2, 0) is 0 Å². The van der Waals surface area contributed by atoms with Gasteiger partial charge in [0, 0.05) is 18.6 Å². The molecule has 2 rings (SSSR count). The zero-order chi connectivity index (χ0) is 13.9. The molecular weight excluding hydrogens is 236 g/mol. The number of aliphatic hydroxyl groups is 1. The molecule has 2 unspecified atom stereocenters. The lowest BCUT2D eigenvalue weighted by atomic mass is 9.71. The molecule has 0 bridgehead atoms. The van der Waals surface area contributed by atoms with E-state index >= 15 is 0 Å². The molecule has 0 radical (unpaired) electrons. The first-order valence-corrected chi connectivity index (χ1v) is 8.08. The molecule has 0 aromatic heterocycles. The fourth-order valence-corrected chi connectivity index (χ4v) is 3.40. The third kappa shape index (κ3) is 4.73. The van der Waals surface area contributed by atoms with E-state index in [1.165, 1.54) is 25.8 Å². The fourth-order valence-electron chi connectivity index (χ4n) is 3.40. The number of hydrogen-bond donors (Lipinski definition) is 3. The van der Waals surface area contributed by atoms with Crippen molar-refractivity contribution >= 4 is 0 Å². The van der Waals surface area contributed by atoms with E-state index in [1.807, 2.05) is 0 Å². The maximum Gasteiger partial charge on any atom is 0.0772 e. The highest BCUT2D eigenvalue weighted by Crippen LogP contribution is 2.39. The van der Waals surface area contributed by atoms with Crippen molar-refractivity contribution in [2.45, 2.75) is 83.4 Å². The smallest absolute Gasteiger partial charge is 0.0772 e. The molecule has 2 fully saturated rings. The summed E-state index contributed by atoms with van der Waals surface area (Å²) in [4.78, 5) is 0. The molecule has 19 heavy (non-hydrogen) atoms. The molecule has 3 nitrogen and oxygen atoms in total. The largest absolute Gasteiger partial charge is 0.389 e. The first-order valence-electron chi connectivity index (χ1n) is 8.08. The van der Waals surface area contributed by atoms with Crippen molar-refractivity contribution < 1.29 is 5.11 Å². The van der Waals surface area contributed by atoms with E-state index in [1.54, 1.807) is 0 Å². The monoisotopic (exact) mass is 268 g/mol. The van der Waals surface area contributed by atoms with Crippen molar-refractivity contribution in [1.29, 1.82) is 0 Å². The van der Waals surface area contributed by atoms with E-state index in [4.69, 9.17) is 0 Å². The molecule has 1 heterocycles. The standard InChI is InChI=1S/C16H32N2O/c1-13(11-14-5-4-10-17-14)18-12-16(19)8-6-15(2,3)7-9-16/h13-14,17-19H,4-12H2,1-3H3. The molecular formula is C16H32N2O. The van der Waals surface area contributed by atoms with Crippen LogP contribution in [0.25, 0.3) is 0 Å². The lowest BCUT2D eigenvalue weighted by Crippen LogP contribution is -2.48. The van der Waals surface area contributed by atoms with Crippen LogP contribution in [0.15, 0.2) is 0 Å². The summed E-state index contributed by atoms with van der Waals surface area (Å²) < 4.78 is 0. The number of nitrogens with one attached hydrogen (secondary N) is 2. The second-order valence-electron chi connectivity index (χ2n) is 7.70. The van der Waals surface area contributed by atoms with Crippen molar-refractivity contribution in [2.24, 2.45) is 5.41 Å². The average Bonchev–Trinajstić information content (AvgIpc) is 2.84. The third-order valence-electron chi connectivity index (χ3n) is 5.11. The predicted molar refractivity (Wildman–Crippen MR) is 80.3 cm³/mol. The van der Waals surface area contributed by atoms with Gasteiger partial charge in [-0.2, -0.15) is 0 Å². The molecule has 3 N–H and O–H groups in total. The van der Waals surface area contributed by atoms with Crippen molar-refractivity contribution in [3.63, 3.8) is 0 Å². The van der Waals surface area contributed by atoms with Crippen LogP contribution in [0.5, 0.6) is 0 Å². The lowest BCUT2D eigenvalue weighted by molar-refractivity contribution is -0.0260. The second kappa shape index (κ2) is 6.11. The van der Waals surface area contributed by atoms with E-state index in [-0.39, 0.29) is 0 Å². The zero-order valence-corrected chi connectivity index (χ0v) is 13.0. The van der Waals surface area contributed by atoms with Gasteiger partial charge in [0.15, 0.2) is 0 Å². The molecule has 3 heteroatoms. The van der Waals surface area contributed by atoms with E-state index in [2.05, 4.69) is 31.4 Å². The topological polar surface area (TPSA) is 44.3 Å². The Morgan fingerprint density at radius 2 is 1.95 bits per heavy atom. The molecule has 112 valence electrons. The van der Waals surface area contributed by atoms with Gasteiger partial charge >= 0.3 is 0 Å². The van der Waals surface area contributed by atoms with Crippen molar-refractivity contribution in [1.82, 2.24) is 10.6 Å². The normalized spacial score (nSPS) is 31.3. The van der Waals surface area contributed by atoms with Gasteiger partial charge < -0.3 is 15.7 Å². The minimum absolute atomic E-state index is 0.422. The van der Waals surface area contributed by atoms with Crippen LogP contribution in [0.2, 0.25) is 0 Å². The summed E-state index contributed by atoms with van der Waals surface area (Å²) in [5.74, 6) is 0. The number of hydrogen-bond acceptors (Lipinski definition) is 3. The molecule has 0 aromatic rings. The van der Waals surface area contributed by atoms with Crippen molar-refractivity contribution in [2.75, 3.05) is 13.1 Å². The first kappa shape index (κ1) is 15.3. The van der Waals surface area contributed by atoms with E-state index < -0.39 is 5.60 Å². The van der Waals surface area contributed by atoms with Crippen molar-refractivity contribution in [3.05, 3.63) is 0 Å². The highest BCUT2D eigenvalue weighted by atomic mass is 16.3. The maximum atomic E-state index is 10.6. The first-order chi connectivity index (χ1) is 8.89. The third-order valence-corrected chi connectivity index (χ3v) is 5.11. The molecule has 0 spiro atoms. The summed E-state index contributed by atoms with van der Waals surface area (Å²) in [5, 5.41) is 17.7. The average molecular weight is 268 g/mol. The summed E-state index contributed by atoms with van der Waals surface area (Å²) in [7, 11) is 0. The SMILES string of the molecule is CC(CC1CCCN1)NCC1(O)CCC(C)(C)CC1. The van der Waals surface area contributed by atoms with Crippen LogP contribution >= 0.6 is 0 Å². The fraction of sp³-hybridized carbons (Fsp3) is 1.00. The van der Waals surface area contributed by atoms with Gasteiger partial charge in [0.1, 0.15) is 0 Å². The van der Waals surface area contributed by atoms with Crippen LogP contribution < -0.4 is 10.6 Å². The molecule has 0 aromatic carbocycles. The molecule has 1 saturated carbocycles. The number of rotatable bonds is 5. The van der Waals surface area contributed by atoms with Gasteiger partial charge in [0.05, 0.1) is 5.60 Å². The van der Waals surface area contributed by atoms with Gasteiger partial charge in [-0.05, 0) is 63.8 Å². The van der Waals surface area contributed by atoms with Crippen molar-refractivity contribution in [3.8, 4) is 0 Å². The van der Waals surface area contributed by atoms with Gasteiger partial charge in [0.25, 0.3) is 0 Å². The van der Waals surface area contributed by atoms with Crippen LogP contribution in [0.4, 0.5) is 0 Å². The molecule has 1 aliphatic heterocycles. The van der Waals surface area contributed by atoms with Crippen LogP contribution in [-0.4, -0.2) is 35.9 Å². The summed E-state index contributed by atoms with van der Waals surface area (Å²) >= 11 is 0. The Bertz CT molecular complexity index is 274. The molecule has 2 aliphatic rings. The maximum absolute atomic E-state index is 10.6. The summed E-state index contributed by atoms with van der Waals surface area (Å²) in [6.07, 6.45) is 7.98. The predicted octanol–water partition coefficient (Wildman–Crippen LogP) is 2.44. The summed E-state index contributed by atoms with van der Waals surface area (Å²) in [5.41, 5.74) is -0.0432. The Morgan fingerprint density at radius 1 is 1.26 bits per heavy atom.